The molecule has 1 aliphatic rings. The molecule has 1 unspecified atom stereocenters. The van der Waals surface area contributed by atoms with Gasteiger partial charge in [-0.3, -0.25) is 4.79 Å². The summed E-state index contributed by atoms with van der Waals surface area (Å²) in [5.41, 5.74) is 14.4. The first-order valence-electron chi connectivity index (χ1n) is 15.5. The molecule has 3 aromatic rings. The number of aromatic nitrogens is 3. The Morgan fingerprint density at radius 2 is 2.04 bits per heavy atom. The number of nitrogens with one attached hydrogen (secondary N) is 1. The van der Waals surface area contributed by atoms with Crippen molar-refractivity contribution >= 4 is 34.1 Å². The molecule has 0 bridgehead atoms. The van der Waals surface area contributed by atoms with E-state index in [2.05, 4.69) is 45.7 Å². The zero-order valence-corrected chi connectivity index (χ0v) is 26.8. The van der Waals surface area contributed by atoms with Crippen LogP contribution in [0.15, 0.2) is 102 Å². The van der Waals surface area contributed by atoms with Gasteiger partial charge in [-0.15, -0.1) is 6.58 Å². The van der Waals surface area contributed by atoms with E-state index >= 15 is 0 Å². The Morgan fingerprint density at radius 3 is 2.68 bits per heavy atom. The number of ether oxygens (including phenoxy) is 1. The maximum atomic E-state index is 12.2. The molecular weight excluding hydrogens is 590 g/mol. The van der Waals surface area contributed by atoms with Gasteiger partial charge in [-0.05, 0) is 71.9 Å². The smallest absolute Gasteiger partial charge is 0.228 e. The fourth-order valence-electron chi connectivity index (χ4n) is 5.20. The van der Waals surface area contributed by atoms with E-state index < -0.39 is 11.8 Å². The van der Waals surface area contributed by atoms with Crippen molar-refractivity contribution in [2.75, 3.05) is 6.61 Å². The second-order valence-electron chi connectivity index (χ2n) is 10.9. The second kappa shape index (κ2) is 16.5. The topological polar surface area (TPSA) is 183 Å². The van der Waals surface area contributed by atoms with Crippen molar-refractivity contribution in [2.24, 2.45) is 28.4 Å². The molecule has 2 aromatic heterocycles. The first kappa shape index (κ1) is 34.1. The molecule has 1 aliphatic carbocycles. The zero-order valence-electron chi connectivity index (χ0n) is 26.8. The standard InChI is InChI=1S/C36H41N9O2/c1-4-7-18-45-35(42-32-20-28(22-41-36(32)45)34(43-39)44-40)27-10-8-11-30(17-16-27)47-23-29(19-25(6-3)33(38)46)31(9-5-2)26-14-12-24(21-37)13-15-26/h6,8-9,11-17,19-20,22,25H,3-5,7,10,18,23,39-40H2,1-2H3,(H2,38,46)(H,43,44)/b29-19-,31-9-. The third kappa shape index (κ3) is 8.31. The van der Waals surface area contributed by atoms with E-state index in [-0.39, 0.29) is 6.61 Å². The number of unbranched alkanes of at least 4 members (excludes halogenated alkanes) is 1. The van der Waals surface area contributed by atoms with Crippen LogP contribution in [0.25, 0.3) is 22.3 Å². The van der Waals surface area contributed by atoms with Crippen molar-refractivity contribution in [2.45, 2.75) is 46.1 Å². The lowest BCUT2D eigenvalue weighted by molar-refractivity contribution is -0.119. The first-order valence-corrected chi connectivity index (χ1v) is 15.5. The third-order valence-corrected chi connectivity index (χ3v) is 7.65. The van der Waals surface area contributed by atoms with Gasteiger partial charge >= 0.3 is 0 Å². The molecule has 1 atom stereocenters. The average Bonchev–Trinajstić information content (AvgIpc) is 3.27. The van der Waals surface area contributed by atoms with Crippen LogP contribution in [0, 0.1) is 17.2 Å². The van der Waals surface area contributed by atoms with Gasteiger partial charge in [0.05, 0.1) is 17.6 Å². The zero-order chi connectivity index (χ0) is 33.8. The minimum absolute atomic E-state index is 0.171. The SMILES string of the molecule is C=CC(/C=C(COC1=CC=C(c2nc3cc(C(=NN)NN)cnc3n2CCCC)CC=C1)\C(=C/CC)c1ccc(C#N)cc1)C(N)=O. The van der Waals surface area contributed by atoms with Gasteiger partial charge in [-0.25, -0.2) is 15.8 Å². The van der Waals surface area contributed by atoms with Crippen LogP contribution >= 0.6 is 0 Å². The van der Waals surface area contributed by atoms with Crippen molar-refractivity contribution in [3.63, 3.8) is 0 Å². The summed E-state index contributed by atoms with van der Waals surface area (Å²) < 4.78 is 8.48. The summed E-state index contributed by atoms with van der Waals surface area (Å²) in [4.78, 5) is 21.8. The molecule has 47 heavy (non-hydrogen) atoms. The van der Waals surface area contributed by atoms with Crippen molar-refractivity contribution in [1.82, 2.24) is 20.0 Å². The Hall–Kier alpha value is -5.73. The molecule has 11 heteroatoms. The van der Waals surface area contributed by atoms with E-state index in [1.807, 2.05) is 49.4 Å². The number of aryl methyl sites for hydroxylation is 1. The molecule has 0 fully saturated rings. The summed E-state index contributed by atoms with van der Waals surface area (Å²) in [6.45, 7) is 8.91. The normalized spacial score (nSPS) is 14.6. The van der Waals surface area contributed by atoms with E-state index in [9.17, 15) is 10.1 Å². The molecular formula is C36H41N9O2. The molecule has 0 aliphatic heterocycles. The number of hydrazone groups is 1. The molecule has 7 N–H and O–H groups in total. The van der Waals surface area contributed by atoms with E-state index in [4.69, 9.17) is 27.1 Å². The van der Waals surface area contributed by atoms with Crippen LogP contribution in [0.3, 0.4) is 0 Å². The van der Waals surface area contributed by atoms with Crippen LogP contribution in [0.5, 0.6) is 0 Å². The fraction of sp³-hybridized carbons (Fsp3) is 0.250. The van der Waals surface area contributed by atoms with Gasteiger partial charge in [0.15, 0.2) is 11.5 Å². The van der Waals surface area contributed by atoms with Gasteiger partial charge in [0, 0.05) is 18.3 Å². The molecule has 242 valence electrons. The van der Waals surface area contributed by atoms with Crippen LogP contribution in [0.4, 0.5) is 0 Å². The van der Waals surface area contributed by atoms with Gasteiger partial charge in [0.2, 0.25) is 5.91 Å². The van der Waals surface area contributed by atoms with Crippen LogP contribution in [0.1, 0.15) is 62.0 Å². The molecule has 0 saturated heterocycles. The number of allylic oxidation sites excluding steroid dienone is 6. The summed E-state index contributed by atoms with van der Waals surface area (Å²) in [5.74, 6) is 11.6. The number of nitriles is 1. The lowest BCUT2D eigenvalue weighted by atomic mass is 9.93. The van der Waals surface area contributed by atoms with Gasteiger partial charge in [0.25, 0.3) is 0 Å². The number of hydrogen-bond donors (Lipinski definition) is 4. The highest BCUT2D eigenvalue weighted by Crippen LogP contribution is 2.29. The predicted octanol–water partition coefficient (Wildman–Crippen LogP) is 5.14. The molecule has 4 rings (SSSR count). The molecule has 0 saturated carbocycles. The minimum Gasteiger partial charge on any atom is -0.489 e. The summed E-state index contributed by atoms with van der Waals surface area (Å²) in [6.07, 6.45) is 18.3. The molecule has 2 heterocycles. The minimum atomic E-state index is -0.685. The Balaban J connectivity index is 1.68. The number of carbonyl (C=O) groups excluding carboxylic acids is 1. The van der Waals surface area contributed by atoms with Crippen LogP contribution in [0.2, 0.25) is 0 Å². The van der Waals surface area contributed by atoms with Crippen LogP contribution < -0.4 is 22.8 Å². The largest absolute Gasteiger partial charge is 0.489 e. The monoisotopic (exact) mass is 631 g/mol. The first-order chi connectivity index (χ1) is 22.9. The maximum Gasteiger partial charge on any atom is 0.228 e. The Labute approximate surface area is 275 Å². The quantitative estimate of drug-likeness (QED) is 0.0471. The summed E-state index contributed by atoms with van der Waals surface area (Å²) in [5, 5.41) is 13.0. The number of hydrazine groups is 1. The van der Waals surface area contributed by atoms with Gasteiger partial charge in [-0.1, -0.05) is 62.8 Å². The lowest BCUT2D eigenvalue weighted by Gasteiger charge is -2.17. The number of nitrogens with zero attached hydrogens (tertiary/aromatic N) is 5. The lowest BCUT2D eigenvalue weighted by Crippen LogP contribution is -2.32. The fourth-order valence-corrected chi connectivity index (χ4v) is 5.20. The number of pyridine rings is 1. The molecule has 1 amide bonds. The van der Waals surface area contributed by atoms with Crippen molar-refractivity contribution in [3.8, 4) is 6.07 Å². The number of imidazole rings is 1. The summed E-state index contributed by atoms with van der Waals surface area (Å²) in [6, 6.07) is 11.3. The Kier molecular flexibility index (Phi) is 12.0. The van der Waals surface area contributed by atoms with Gasteiger partial charge < -0.3 is 26.3 Å². The van der Waals surface area contributed by atoms with Crippen molar-refractivity contribution < 1.29 is 9.53 Å². The summed E-state index contributed by atoms with van der Waals surface area (Å²) in [7, 11) is 0. The van der Waals surface area contributed by atoms with Gasteiger partial charge in [-0.2, -0.15) is 10.4 Å². The molecule has 11 nitrogen and oxygen atoms in total. The van der Waals surface area contributed by atoms with E-state index in [0.29, 0.717) is 34.7 Å². The molecule has 1 aromatic carbocycles. The number of carbonyl (C=O) groups is 1. The molecule has 0 spiro atoms. The number of hydrogen-bond acceptors (Lipinski definition) is 8. The average molecular weight is 632 g/mol. The number of fused-ring (bicyclic) bond motifs is 1. The number of primary amides is 1. The number of benzene rings is 1. The van der Waals surface area contributed by atoms with Crippen molar-refractivity contribution in [3.05, 3.63) is 119 Å². The van der Waals surface area contributed by atoms with E-state index in [1.165, 1.54) is 6.08 Å². The van der Waals surface area contributed by atoms with Crippen LogP contribution in [-0.2, 0) is 16.1 Å². The third-order valence-electron chi connectivity index (χ3n) is 7.65. The molecule has 0 radical (unpaired) electrons. The van der Waals surface area contributed by atoms with Crippen LogP contribution in [-0.4, -0.2) is 32.9 Å². The Bertz CT molecular complexity index is 1830. The second-order valence-corrected chi connectivity index (χ2v) is 10.9. The van der Waals surface area contributed by atoms with Crippen molar-refractivity contribution in [1.29, 1.82) is 5.26 Å². The van der Waals surface area contributed by atoms with Gasteiger partial charge in [0.1, 0.15) is 23.7 Å². The highest BCUT2D eigenvalue weighted by Gasteiger charge is 2.18. The number of rotatable bonds is 14. The highest BCUT2D eigenvalue weighted by molar-refractivity contribution is 6.00. The Morgan fingerprint density at radius 1 is 1.26 bits per heavy atom. The van der Waals surface area contributed by atoms with E-state index in [0.717, 1.165) is 59.6 Å². The van der Waals surface area contributed by atoms with E-state index in [1.54, 1.807) is 24.4 Å². The summed E-state index contributed by atoms with van der Waals surface area (Å²) >= 11 is 0. The maximum absolute atomic E-state index is 12.2. The predicted molar refractivity (Wildman–Crippen MR) is 187 cm³/mol. The number of amides is 1. The number of amidine groups is 1. The number of nitrogens with two attached hydrogens (primary N) is 3. The highest BCUT2D eigenvalue weighted by atomic mass is 16.5.